The summed E-state index contributed by atoms with van der Waals surface area (Å²) in [5.74, 6) is 1.10. The van der Waals surface area contributed by atoms with Crippen LogP contribution in [0.4, 0.5) is 4.39 Å². The average molecular weight is 423 g/mol. The van der Waals surface area contributed by atoms with Gasteiger partial charge in [0.2, 0.25) is 11.8 Å². The van der Waals surface area contributed by atoms with Gasteiger partial charge in [-0.25, -0.2) is 9.37 Å². The number of amides is 1. The normalized spacial score (nSPS) is 16.0. The van der Waals surface area contributed by atoms with Gasteiger partial charge < -0.3 is 14.5 Å². The SMILES string of the molecule is COc1ccc(F)c(-c2nc(CN(Cc3ccccc3)C[C@@H]3CCC(=O)N3)c(C)o2)c1. The smallest absolute Gasteiger partial charge is 0.229 e. The Morgan fingerprint density at radius 3 is 2.74 bits per heavy atom. The molecule has 1 aliphatic heterocycles. The van der Waals surface area contributed by atoms with Crippen LogP contribution < -0.4 is 10.1 Å². The number of carbonyl (C=O) groups excluding carboxylic acids is 1. The molecule has 6 nitrogen and oxygen atoms in total. The van der Waals surface area contributed by atoms with E-state index < -0.39 is 5.82 Å². The largest absolute Gasteiger partial charge is 0.497 e. The van der Waals surface area contributed by atoms with Gasteiger partial charge in [0, 0.05) is 32.1 Å². The first-order chi connectivity index (χ1) is 15.0. The van der Waals surface area contributed by atoms with Gasteiger partial charge in [-0.05, 0) is 37.1 Å². The van der Waals surface area contributed by atoms with Gasteiger partial charge in [-0.1, -0.05) is 30.3 Å². The molecule has 0 bridgehead atoms. The molecular weight excluding hydrogens is 397 g/mol. The Morgan fingerprint density at radius 2 is 2.03 bits per heavy atom. The zero-order chi connectivity index (χ0) is 21.8. The maximum atomic E-state index is 14.4. The van der Waals surface area contributed by atoms with Gasteiger partial charge in [0.25, 0.3) is 0 Å². The summed E-state index contributed by atoms with van der Waals surface area (Å²) in [6.45, 7) is 3.78. The quantitative estimate of drug-likeness (QED) is 0.591. The van der Waals surface area contributed by atoms with Crippen LogP contribution in [-0.4, -0.2) is 35.5 Å². The van der Waals surface area contributed by atoms with E-state index in [-0.39, 0.29) is 23.4 Å². The van der Waals surface area contributed by atoms with Gasteiger partial charge in [0.15, 0.2) is 0 Å². The number of carbonyl (C=O) groups is 1. The van der Waals surface area contributed by atoms with Crippen molar-refractivity contribution >= 4 is 5.91 Å². The Labute approximate surface area is 181 Å². The third-order valence-corrected chi connectivity index (χ3v) is 5.48. The monoisotopic (exact) mass is 423 g/mol. The van der Waals surface area contributed by atoms with Crippen LogP contribution in [-0.2, 0) is 17.9 Å². The van der Waals surface area contributed by atoms with E-state index in [9.17, 15) is 9.18 Å². The van der Waals surface area contributed by atoms with E-state index in [1.807, 2.05) is 25.1 Å². The van der Waals surface area contributed by atoms with Gasteiger partial charge in [-0.2, -0.15) is 0 Å². The summed E-state index contributed by atoms with van der Waals surface area (Å²) >= 11 is 0. The average Bonchev–Trinajstić information content (AvgIpc) is 3.34. The highest BCUT2D eigenvalue weighted by Crippen LogP contribution is 2.28. The van der Waals surface area contributed by atoms with Crippen molar-refractivity contribution < 1.29 is 18.3 Å². The number of aryl methyl sites for hydroxylation is 1. The van der Waals surface area contributed by atoms with E-state index in [2.05, 4.69) is 27.3 Å². The van der Waals surface area contributed by atoms with Crippen molar-refractivity contribution in [3.63, 3.8) is 0 Å². The molecular formula is C24H26FN3O3. The van der Waals surface area contributed by atoms with Crippen molar-refractivity contribution in [2.24, 2.45) is 0 Å². The minimum absolute atomic E-state index is 0.0954. The molecule has 1 aromatic heterocycles. The summed E-state index contributed by atoms with van der Waals surface area (Å²) < 4.78 is 25.4. The number of benzene rings is 2. The van der Waals surface area contributed by atoms with Crippen molar-refractivity contribution in [1.29, 1.82) is 0 Å². The summed E-state index contributed by atoms with van der Waals surface area (Å²) in [5.41, 5.74) is 2.19. The number of nitrogens with one attached hydrogen (secondary N) is 1. The molecule has 0 radical (unpaired) electrons. The second-order valence-corrected chi connectivity index (χ2v) is 7.83. The summed E-state index contributed by atoms with van der Waals surface area (Å²) in [5, 5.41) is 3.03. The van der Waals surface area contributed by atoms with Crippen LogP contribution in [0.2, 0.25) is 0 Å². The third-order valence-electron chi connectivity index (χ3n) is 5.48. The molecule has 0 spiro atoms. The number of aromatic nitrogens is 1. The molecule has 162 valence electrons. The van der Waals surface area contributed by atoms with E-state index in [1.54, 1.807) is 12.1 Å². The lowest BCUT2D eigenvalue weighted by atomic mass is 10.1. The highest BCUT2D eigenvalue weighted by Gasteiger charge is 2.25. The fraction of sp³-hybridized carbons (Fsp3) is 0.333. The molecule has 7 heteroatoms. The first-order valence-electron chi connectivity index (χ1n) is 10.4. The van der Waals surface area contributed by atoms with Crippen LogP contribution in [0.3, 0.4) is 0 Å². The Morgan fingerprint density at radius 1 is 1.23 bits per heavy atom. The van der Waals surface area contributed by atoms with Crippen LogP contribution in [0.5, 0.6) is 5.75 Å². The molecule has 1 amide bonds. The van der Waals surface area contributed by atoms with Gasteiger partial charge in [-0.15, -0.1) is 0 Å². The first kappa shape index (κ1) is 21.1. The molecule has 1 N–H and O–H groups in total. The lowest BCUT2D eigenvalue weighted by molar-refractivity contribution is -0.119. The van der Waals surface area contributed by atoms with E-state index in [1.165, 1.54) is 18.7 Å². The molecule has 31 heavy (non-hydrogen) atoms. The van der Waals surface area contributed by atoms with Gasteiger partial charge in [-0.3, -0.25) is 9.69 Å². The number of hydrogen-bond acceptors (Lipinski definition) is 5. The van der Waals surface area contributed by atoms with E-state index >= 15 is 0 Å². The summed E-state index contributed by atoms with van der Waals surface area (Å²) in [7, 11) is 1.53. The number of nitrogens with zero attached hydrogens (tertiary/aromatic N) is 2. The number of methoxy groups -OCH3 is 1. The highest BCUT2D eigenvalue weighted by atomic mass is 19.1. The molecule has 0 aliphatic carbocycles. The standard InChI is InChI=1S/C24H26FN3O3/c1-16-22(27-24(31-16)20-12-19(30-2)9-10-21(20)25)15-28(13-17-6-4-3-5-7-17)14-18-8-11-23(29)26-18/h3-7,9-10,12,18H,8,11,13-15H2,1-2H3,(H,26,29)/t18-/m0/s1. The zero-order valence-corrected chi connectivity index (χ0v) is 17.7. The van der Waals surface area contributed by atoms with Crippen LogP contribution in [0, 0.1) is 12.7 Å². The fourth-order valence-electron chi connectivity index (χ4n) is 3.85. The maximum absolute atomic E-state index is 14.4. The molecule has 1 fully saturated rings. The van der Waals surface area contributed by atoms with Crippen LogP contribution in [0.25, 0.3) is 11.5 Å². The van der Waals surface area contributed by atoms with Crippen LogP contribution in [0.15, 0.2) is 52.9 Å². The summed E-state index contributed by atoms with van der Waals surface area (Å²) in [6, 6.07) is 14.8. The van der Waals surface area contributed by atoms with Crippen molar-refractivity contribution in [3.8, 4) is 17.2 Å². The molecule has 3 aromatic rings. The first-order valence-corrected chi connectivity index (χ1v) is 10.4. The minimum atomic E-state index is -0.414. The van der Waals surface area contributed by atoms with Crippen molar-refractivity contribution in [3.05, 3.63) is 71.4 Å². The van der Waals surface area contributed by atoms with Gasteiger partial charge in [0.1, 0.15) is 17.3 Å². The molecule has 2 aromatic carbocycles. The van der Waals surface area contributed by atoms with Crippen molar-refractivity contribution in [1.82, 2.24) is 15.2 Å². The second kappa shape index (κ2) is 9.31. The maximum Gasteiger partial charge on any atom is 0.229 e. The number of hydrogen-bond donors (Lipinski definition) is 1. The van der Waals surface area contributed by atoms with E-state index in [0.717, 1.165) is 12.1 Å². The predicted molar refractivity (Wildman–Crippen MR) is 115 cm³/mol. The number of oxazole rings is 1. The predicted octanol–water partition coefficient (Wildman–Crippen LogP) is 4.08. The number of ether oxygens (including phenoxy) is 1. The minimum Gasteiger partial charge on any atom is -0.497 e. The highest BCUT2D eigenvalue weighted by molar-refractivity contribution is 5.78. The molecule has 1 atom stereocenters. The van der Waals surface area contributed by atoms with Crippen molar-refractivity contribution in [2.75, 3.05) is 13.7 Å². The molecule has 1 aliphatic rings. The Kier molecular flexibility index (Phi) is 6.32. The van der Waals surface area contributed by atoms with Gasteiger partial charge >= 0.3 is 0 Å². The zero-order valence-electron chi connectivity index (χ0n) is 17.7. The molecule has 1 saturated heterocycles. The lowest BCUT2D eigenvalue weighted by Crippen LogP contribution is -2.38. The van der Waals surface area contributed by atoms with Crippen molar-refractivity contribution in [2.45, 2.75) is 38.9 Å². The van der Waals surface area contributed by atoms with Gasteiger partial charge in [0.05, 0.1) is 18.4 Å². The van der Waals surface area contributed by atoms with Crippen LogP contribution in [0.1, 0.15) is 29.9 Å². The lowest BCUT2D eigenvalue weighted by Gasteiger charge is -2.25. The molecule has 0 saturated carbocycles. The van der Waals surface area contributed by atoms with Crippen LogP contribution >= 0.6 is 0 Å². The molecule has 0 unspecified atom stereocenters. The summed E-state index contributed by atoms with van der Waals surface area (Å²) in [4.78, 5) is 18.5. The Hall–Kier alpha value is -3.19. The molecule has 4 rings (SSSR count). The Balaban J connectivity index is 1.57. The topological polar surface area (TPSA) is 67.6 Å². The van der Waals surface area contributed by atoms with E-state index in [4.69, 9.17) is 9.15 Å². The number of rotatable bonds is 8. The number of halogens is 1. The Bertz CT molecular complexity index is 1050. The van der Waals surface area contributed by atoms with E-state index in [0.29, 0.717) is 37.6 Å². The fourth-order valence-corrected chi connectivity index (χ4v) is 3.85. The molecule has 2 heterocycles. The summed E-state index contributed by atoms with van der Waals surface area (Å²) in [6.07, 6.45) is 1.38. The third kappa shape index (κ3) is 5.11. The second-order valence-electron chi connectivity index (χ2n) is 7.83.